The van der Waals surface area contributed by atoms with Crippen LogP contribution in [0.5, 0.6) is 5.75 Å². The van der Waals surface area contributed by atoms with Gasteiger partial charge in [0, 0.05) is 5.56 Å². The minimum absolute atomic E-state index is 0.183. The number of hydrazone groups is 1. The lowest BCUT2D eigenvalue weighted by Gasteiger charge is -2.09. The maximum Gasteiger partial charge on any atom is 0.271 e. The lowest BCUT2D eigenvalue weighted by atomic mass is 10.2. The molecule has 3 rings (SSSR count). The number of hydrogen-bond acceptors (Lipinski definition) is 3. The summed E-state index contributed by atoms with van der Waals surface area (Å²) in [5, 5.41) is 3.88. The molecule has 0 aliphatic rings. The van der Waals surface area contributed by atoms with Crippen molar-refractivity contribution in [3.8, 4) is 5.75 Å². The summed E-state index contributed by atoms with van der Waals surface area (Å²) >= 11 is 3.42. The average Bonchev–Trinajstić information content (AvgIpc) is 2.68. The standard InChI is InChI=1S/C21H15BrF2N2O2/c22-19-10-15(12-25-26-21(27)16-2-1-3-18(24)11-16)6-9-20(19)28-13-14-4-7-17(23)8-5-14/h1-12H,13H2,(H,26,27)/b25-12-. The van der Waals surface area contributed by atoms with Gasteiger partial charge in [0.2, 0.25) is 0 Å². The molecule has 0 saturated carbocycles. The molecule has 4 nitrogen and oxygen atoms in total. The van der Waals surface area contributed by atoms with E-state index in [9.17, 15) is 13.6 Å². The third kappa shape index (κ3) is 5.47. The first kappa shape index (κ1) is 19.7. The second-order valence-corrected chi connectivity index (χ2v) is 6.67. The number of amides is 1. The number of ether oxygens (including phenoxy) is 1. The summed E-state index contributed by atoms with van der Waals surface area (Å²) < 4.78 is 32.5. The average molecular weight is 445 g/mol. The molecule has 7 heteroatoms. The molecule has 3 aromatic carbocycles. The number of nitrogens with one attached hydrogen (secondary N) is 1. The molecule has 0 atom stereocenters. The van der Waals surface area contributed by atoms with E-state index in [-0.39, 0.29) is 11.4 Å². The predicted octanol–water partition coefficient (Wildman–Crippen LogP) is 5.07. The van der Waals surface area contributed by atoms with Crippen molar-refractivity contribution in [3.05, 3.63) is 99.5 Å². The smallest absolute Gasteiger partial charge is 0.271 e. The molecule has 142 valence electrons. The highest BCUT2D eigenvalue weighted by Gasteiger charge is 2.05. The summed E-state index contributed by atoms with van der Waals surface area (Å²) in [7, 11) is 0. The fraction of sp³-hybridized carbons (Fsp3) is 0.0476. The Labute approximate surface area is 169 Å². The van der Waals surface area contributed by atoms with E-state index in [1.165, 1.54) is 36.5 Å². The zero-order valence-electron chi connectivity index (χ0n) is 14.5. The Morgan fingerprint density at radius 3 is 2.54 bits per heavy atom. The van der Waals surface area contributed by atoms with Gasteiger partial charge in [-0.05, 0) is 75.6 Å². The largest absolute Gasteiger partial charge is 0.488 e. The Morgan fingerprint density at radius 1 is 1.04 bits per heavy atom. The lowest BCUT2D eigenvalue weighted by molar-refractivity contribution is 0.0954. The Morgan fingerprint density at radius 2 is 1.82 bits per heavy atom. The molecule has 0 unspecified atom stereocenters. The molecule has 0 spiro atoms. The Kier molecular flexibility index (Phi) is 6.49. The summed E-state index contributed by atoms with van der Waals surface area (Å²) in [5.41, 5.74) is 4.10. The second-order valence-electron chi connectivity index (χ2n) is 5.81. The Bertz CT molecular complexity index is 1010. The minimum atomic E-state index is -0.505. The molecular formula is C21H15BrF2N2O2. The highest BCUT2D eigenvalue weighted by molar-refractivity contribution is 9.10. The number of carbonyl (C=O) groups is 1. The van der Waals surface area contributed by atoms with E-state index in [1.54, 1.807) is 30.3 Å². The molecule has 1 N–H and O–H groups in total. The van der Waals surface area contributed by atoms with Crippen LogP contribution in [0.2, 0.25) is 0 Å². The normalized spacial score (nSPS) is 10.8. The number of halogens is 3. The molecular weight excluding hydrogens is 430 g/mol. The first-order valence-corrected chi connectivity index (χ1v) is 9.06. The number of benzene rings is 3. The summed E-state index contributed by atoms with van der Waals surface area (Å²) in [6, 6.07) is 16.7. The van der Waals surface area contributed by atoms with Gasteiger partial charge in [-0.2, -0.15) is 5.10 Å². The van der Waals surface area contributed by atoms with Crippen LogP contribution in [0.1, 0.15) is 21.5 Å². The molecule has 0 aliphatic heterocycles. The zero-order valence-corrected chi connectivity index (χ0v) is 16.1. The van der Waals surface area contributed by atoms with Crippen LogP contribution in [0.3, 0.4) is 0 Å². The predicted molar refractivity (Wildman–Crippen MR) is 106 cm³/mol. The van der Waals surface area contributed by atoms with Crippen molar-refractivity contribution in [3.63, 3.8) is 0 Å². The van der Waals surface area contributed by atoms with Gasteiger partial charge in [0.05, 0.1) is 10.7 Å². The van der Waals surface area contributed by atoms with E-state index in [1.807, 2.05) is 0 Å². The van der Waals surface area contributed by atoms with Crippen molar-refractivity contribution >= 4 is 28.1 Å². The molecule has 0 aliphatic carbocycles. The summed E-state index contributed by atoms with van der Waals surface area (Å²) in [4.78, 5) is 11.9. The lowest BCUT2D eigenvalue weighted by Crippen LogP contribution is -2.17. The summed E-state index contributed by atoms with van der Waals surface area (Å²) in [6.07, 6.45) is 1.46. The topological polar surface area (TPSA) is 50.7 Å². The Hall–Kier alpha value is -3.06. The van der Waals surface area contributed by atoms with Crippen LogP contribution in [0.4, 0.5) is 8.78 Å². The van der Waals surface area contributed by atoms with Gasteiger partial charge in [0.15, 0.2) is 0 Å². The van der Waals surface area contributed by atoms with Crippen LogP contribution < -0.4 is 10.2 Å². The van der Waals surface area contributed by atoms with Crippen molar-refractivity contribution < 1.29 is 18.3 Å². The van der Waals surface area contributed by atoms with Crippen LogP contribution in [0.15, 0.2) is 76.3 Å². The molecule has 0 radical (unpaired) electrons. The third-order valence-corrected chi connectivity index (χ3v) is 4.35. The highest BCUT2D eigenvalue weighted by atomic mass is 79.9. The van der Waals surface area contributed by atoms with E-state index < -0.39 is 11.7 Å². The molecule has 0 saturated heterocycles. The number of rotatable bonds is 6. The van der Waals surface area contributed by atoms with Crippen molar-refractivity contribution in [1.82, 2.24) is 5.43 Å². The van der Waals surface area contributed by atoms with Gasteiger partial charge >= 0.3 is 0 Å². The summed E-state index contributed by atoms with van der Waals surface area (Å²) in [6.45, 7) is 0.302. The van der Waals surface area contributed by atoms with Crippen LogP contribution in [-0.2, 0) is 6.61 Å². The van der Waals surface area contributed by atoms with E-state index in [0.29, 0.717) is 16.8 Å². The van der Waals surface area contributed by atoms with E-state index in [0.717, 1.165) is 17.2 Å². The number of hydrogen-bond donors (Lipinski definition) is 1. The molecule has 0 heterocycles. The van der Waals surface area contributed by atoms with Crippen molar-refractivity contribution in [2.45, 2.75) is 6.61 Å². The van der Waals surface area contributed by atoms with Crippen LogP contribution in [0.25, 0.3) is 0 Å². The SMILES string of the molecule is O=C(N/N=C\c1ccc(OCc2ccc(F)cc2)c(Br)c1)c1cccc(F)c1. The van der Waals surface area contributed by atoms with E-state index in [2.05, 4.69) is 26.5 Å². The third-order valence-electron chi connectivity index (χ3n) is 3.73. The van der Waals surface area contributed by atoms with Crippen molar-refractivity contribution in [1.29, 1.82) is 0 Å². The van der Waals surface area contributed by atoms with E-state index >= 15 is 0 Å². The van der Waals surface area contributed by atoms with Gasteiger partial charge < -0.3 is 4.74 Å². The van der Waals surface area contributed by atoms with Gasteiger partial charge in [-0.1, -0.05) is 18.2 Å². The van der Waals surface area contributed by atoms with E-state index in [4.69, 9.17) is 4.74 Å². The molecule has 0 bridgehead atoms. The molecule has 3 aromatic rings. The summed E-state index contributed by atoms with van der Waals surface area (Å²) in [5.74, 6) is -0.672. The van der Waals surface area contributed by atoms with Crippen LogP contribution in [0, 0.1) is 11.6 Å². The first-order valence-electron chi connectivity index (χ1n) is 8.27. The minimum Gasteiger partial charge on any atom is -0.488 e. The fourth-order valence-corrected chi connectivity index (χ4v) is 2.83. The zero-order chi connectivity index (χ0) is 19.9. The maximum absolute atomic E-state index is 13.1. The molecule has 0 aromatic heterocycles. The van der Waals surface area contributed by atoms with Crippen molar-refractivity contribution in [2.24, 2.45) is 5.10 Å². The number of carbonyl (C=O) groups excluding carboxylic acids is 1. The second kappa shape index (κ2) is 9.23. The quantitative estimate of drug-likeness (QED) is 0.426. The Balaban J connectivity index is 1.58. The maximum atomic E-state index is 13.1. The van der Waals surface area contributed by atoms with Gasteiger partial charge in [0.25, 0.3) is 5.91 Å². The van der Waals surface area contributed by atoms with Crippen LogP contribution >= 0.6 is 15.9 Å². The van der Waals surface area contributed by atoms with Crippen LogP contribution in [-0.4, -0.2) is 12.1 Å². The van der Waals surface area contributed by atoms with Gasteiger partial charge in [-0.15, -0.1) is 0 Å². The number of nitrogens with zero attached hydrogens (tertiary/aromatic N) is 1. The molecule has 28 heavy (non-hydrogen) atoms. The van der Waals surface area contributed by atoms with Gasteiger partial charge in [-0.25, -0.2) is 14.2 Å². The molecule has 0 fully saturated rings. The monoisotopic (exact) mass is 444 g/mol. The van der Waals surface area contributed by atoms with Crippen molar-refractivity contribution in [2.75, 3.05) is 0 Å². The molecule has 1 amide bonds. The highest BCUT2D eigenvalue weighted by Crippen LogP contribution is 2.26. The van der Waals surface area contributed by atoms with Gasteiger partial charge in [-0.3, -0.25) is 4.79 Å². The fourth-order valence-electron chi connectivity index (χ4n) is 2.32. The van der Waals surface area contributed by atoms with Gasteiger partial charge in [0.1, 0.15) is 24.0 Å². The first-order chi connectivity index (χ1) is 13.5.